The molecule has 0 saturated carbocycles. The van der Waals surface area contributed by atoms with Gasteiger partial charge in [0.2, 0.25) is 5.91 Å². The first-order chi connectivity index (χ1) is 11.0. The van der Waals surface area contributed by atoms with Crippen molar-refractivity contribution in [1.29, 1.82) is 0 Å². The number of carbonyl (C=O) groups is 5. The molecule has 0 unspecified atom stereocenters. The molecule has 10 nitrogen and oxygen atoms in total. The van der Waals surface area contributed by atoms with Gasteiger partial charge in [0.05, 0.1) is 11.7 Å². The first kappa shape index (κ1) is 21.7. The van der Waals surface area contributed by atoms with E-state index < -0.39 is 46.9 Å². The minimum absolute atomic E-state index is 0.175. The zero-order valence-corrected chi connectivity index (χ0v) is 13.6. The van der Waals surface area contributed by atoms with Crippen molar-refractivity contribution in [3.8, 4) is 0 Å². The predicted octanol–water partition coefficient (Wildman–Crippen LogP) is -0.612. The molecule has 0 bridgehead atoms. The molecule has 0 aromatic heterocycles. The van der Waals surface area contributed by atoms with E-state index in [1.54, 1.807) is 13.8 Å². The normalized spacial score (nSPS) is 11.1. The van der Waals surface area contributed by atoms with Crippen LogP contribution in [0.2, 0.25) is 0 Å². The maximum atomic E-state index is 11.5. The Bertz CT molecular complexity index is 460. The topological polar surface area (TPSA) is 178 Å². The Morgan fingerprint density at radius 3 is 1.54 bits per heavy atom. The summed E-state index contributed by atoms with van der Waals surface area (Å²) >= 11 is 0.467. The van der Waals surface area contributed by atoms with E-state index >= 15 is 0 Å². The Balaban J connectivity index is 5.29. The number of carboxylic acid groups (broad SMARTS) is 4. The van der Waals surface area contributed by atoms with Crippen LogP contribution in [0, 0.1) is 18.3 Å². The number of carbonyl (C=O) groups excluding carboxylic acids is 1. The molecule has 0 aliphatic carbocycles. The Labute approximate surface area is 141 Å². The van der Waals surface area contributed by atoms with Crippen molar-refractivity contribution >= 4 is 41.5 Å². The molecular weight excluding hydrogens is 346 g/mol. The van der Waals surface area contributed by atoms with Gasteiger partial charge < -0.3 is 25.7 Å². The monoisotopic (exact) mass is 364 g/mol. The highest BCUT2D eigenvalue weighted by atomic mass is 32.2. The van der Waals surface area contributed by atoms with Crippen molar-refractivity contribution in [3.05, 3.63) is 6.42 Å². The molecule has 0 fully saturated rings. The molecule has 0 aliphatic heterocycles. The molecule has 0 saturated heterocycles. The molecule has 0 aromatic carbocycles. The minimum atomic E-state index is -2.26. The Morgan fingerprint density at radius 2 is 1.25 bits per heavy atom. The lowest BCUT2D eigenvalue weighted by molar-refractivity contribution is -0.158. The van der Waals surface area contributed by atoms with Crippen LogP contribution in [0.15, 0.2) is 0 Å². The summed E-state index contributed by atoms with van der Waals surface area (Å²) < 4.78 is 0. The van der Waals surface area contributed by atoms with Gasteiger partial charge in [-0.2, -0.15) is 11.8 Å². The van der Waals surface area contributed by atoms with Crippen molar-refractivity contribution in [2.24, 2.45) is 11.8 Å². The first-order valence-electron chi connectivity index (χ1n) is 6.65. The SMILES string of the molecule is CC(C)NC(=O)[CH]CSC(C(C(=O)O)C(=O)O)C(C(=O)O)C(=O)O. The van der Waals surface area contributed by atoms with E-state index in [-0.39, 0.29) is 11.8 Å². The molecule has 1 amide bonds. The predicted molar refractivity (Wildman–Crippen MR) is 81.3 cm³/mol. The summed E-state index contributed by atoms with van der Waals surface area (Å²) in [6.07, 6.45) is 1.05. The third-order valence-corrected chi connectivity index (χ3v) is 4.00. The number of amides is 1. The van der Waals surface area contributed by atoms with Crippen molar-refractivity contribution in [1.82, 2.24) is 5.32 Å². The maximum Gasteiger partial charge on any atom is 0.319 e. The highest BCUT2D eigenvalue weighted by molar-refractivity contribution is 8.00. The Hall–Kier alpha value is -2.30. The zero-order chi connectivity index (χ0) is 19.0. The maximum absolute atomic E-state index is 11.5. The second-order valence-corrected chi connectivity index (χ2v) is 6.18. The minimum Gasteiger partial charge on any atom is -0.481 e. The molecule has 11 heteroatoms. The van der Waals surface area contributed by atoms with E-state index in [4.69, 9.17) is 20.4 Å². The molecule has 5 N–H and O–H groups in total. The highest BCUT2D eigenvalue weighted by Gasteiger charge is 2.46. The van der Waals surface area contributed by atoms with Gasteiger partial charge in [0.25, 0.3) is 0 Å². The summed E-state index contributed by atoms with van der Waals surface area (Å²) in [5.41, 5.74) is 0. The number of hydrogen-bond donors (Lipinski definition) is 5. The summed E-state index contributed by atoms with van der Waals surface area (Å²) in [4.78, 5) is 55.9. The van der Waals surface area contributed by atoms with Gasteiger partial charge in [0.15, 0.2) is 11.8 Å². The van der Waals surface area contributed by atoms with Gasteiger partial charge in [0.1, 0.15) is 0 Å². The summed E-state index contributed by atoms with van der Waals surface area (Å²) in [6, 6.07) is -0.175. The van der Waals surface area contributed by atoms with Crippen LogP contribution < -0.4 is 5.32 Å². The van der Waals surface area contributed by atoms with Gasteiger partial charge in [-0.25, -0.2) is 0 Å². The van der Waals surface area contributed by atoms with Crippen LogP contribution in [-0.2, 0) is 24.0 Å². The van der Waals surface area contributed by atoms with Crippen LogP contribution in [0.25, 0.3) is 0 Å². The van der Waals surface area contributed by atoms with Crippen LogP contribution >= 0.6 is 11.8 Å². The Morgan fingerprint density at radius 1 is 0.875 bits per heavy atom. The quantitative estimate of drug-likeness (QED) is 0.297. The van der Waals surface area contributed by atoms with E-state index in [9.17, 15) is 24.0 Å². The van der Waals surface area contributed by atoms with E-state index in [2.05, 4.69) is 5.32 Å². The van der Waals surface area contributed by atoms with Gasteiger partial charge in [-0.3, -0.25) is 24.0 Å². The second-order valence-electron chi connectivity index (χ2n) is 4.97. The molecule has 24 heavy (non-hydrogen) atoms. The van der Waals surface area contributed by atoms with Crippen molar-refractivity contribution in [3.63, 3.8) is 0 Å². The number of carboxylic acids is 4. The molecule has 135 valence electrons. The lowest BCUT2D eigenvalue weighted by Crippen LogP contribution is -2.44. The van der Waals surface area contributed by atoms with Crippen LogP contribution in [0.4, 0.5) is 0 Å². The average Bonchev–Trinajstić information content (AvgIpc) is 2.35. The van der Waals surface area contributed by atoms with Crippen LogP contribution in [0.5, 0.6) is 0 Å². The van der Waals surface area contributed by atoms with Gasteiger partial charge in [0, 0.05) is 11.8 Å². The van der Waals surface area contributed by atoms with Gasteiger partial charge >= 0.3 is 23.9 Å². The van der Waals surface area contributed by atoms with Crippen LogP contribution in [0.3, 0.4) is 0 Å². The van der Waals surface area contributed by atoms with E-state index in [1.165, 1.54) is 0 Å². The lowest BCUT2D eigenvalue weighted by atomic mass is 9.93. The Kier molecular flexibility index (Phi) is 8.82. The van der Waals surface area contributed by atoms with Gasteiger partial charge in [-0.1, -0.05) is 0 Å². The highest BCUT2D eigenvalue weighted by Crippen LogP contribution is 2.29. The molecule has 0 spiro atoms. The number of hydrogen-bond acceptors (Lipinski definition) is 6. The first-order valence-corrected chi connectivity index (χ1v) is 7.70. The van der Waals surface area contributed by atoms with Gasteiger partial charge in [-0.05, 0) is 13.8 Å². The third kappa shape index (κ3) is 6.86. The molecule has 0 rings (SSSR count). The number of aliphatic carboxylic acids is 4. The third-order valence-electron chi connectivity index (χ3n) is 2.71. The fraction of sp³-hybridized carbons (Fsp3) is 0.538. The number of rotatable bonds is 11. The van der Waals surface area contributed by atoms with E-state index in [1.807, 2.05) is 0 Å². The zero-order valence-electron chi connectivity index (χ0n) is 12.8. The summed E-state index contributed by atoms with van der Waals surface area (Å²) in [5, 5.41) is 36.6. The van der Waals surface area contributed by atoms with Crippen molar-refractivity contribution in [2.75, 3.05) is 5.75 Å². The number of thioether (sulfide) groups is 1. The van der Waals surface area contributed by atoms with E-state index in [0.29, 0.717) is 11.8 Å². The molecule has 0 atom stereocenters. The molecular formula is C13H18NO9S. The summed E-state index contributed by atoms with van der Waals surface area (Å²) in [7, 11) is 0. The summed E-state index contributed by atoms with van der Waals surface area (Å²) in [6.45, 7) is 3.38. The van der Waals surface area contributed by atoms with Gasteiger partial charge in [-0.15, -0.1) is 0 Å². The lowest BCUT2D eigenvalue weighted by Gasteiger charge is -2.23. The second kappa shape index (κ2) is 9.75. The standard InChI is InChI=1S/C13H18NO9S/c1-5(2)14-6(15)3-4-24-9(7(10(16)17)11(18)19)8(12(20)21)13(22)23/h3,5,7-9H,4H2,1-2H3,(H,14,15)(H,16,17)(H,18,19)(H,20,21)(H,22,23). The molecule has 0 aromatic rings. The molecule has 1 radical (unpaired) electrons. The van der Waals surface area contributed by atoms with Crippen LogP contribution in [-0.4, -0.2) is 67.3 Å². The largest absolute Gasteiger partial charge is 0.481 e. The smallest absolute Gasteiger partial charge is 0.319 e. The fourth-order valence-corrected chi connectivity index (χ4v) is 3.06. The number of nitrogens with one attached hydrogen (secondary N) is 1. The van der Waals surface area contributed by atoms with E-state index in [0.717, 1.165) is 6.42 Å². The van der Waals surface area contributed by atoms with Crippen molar-refractivity contribution < 1.29 is 44.4 Å². The molecule has 0 aliphatic rings. The summed E-state index contributed by atoms with van der Waals surface area (Å²) in [5.74, 6) is -12.7. The average molecular weight is 364 g/mol. The molecule has 0 heterocycles. The van der Waals surface area contributed by atoms with Crippen LogP contribution in [0.1, 0.15) is 13.8 Å². The fourth-order valence-electron chi connectivity index (χ4n) is 1.74. The van der Waals surface area contributed by atoms with Crippen molar-refractivity contribution in [2.45, 2.75) is 25.1 Å².